The largest absolute Gasteiger partial charge is 0.507 e. The van der Waals surface area contributed by atoms with Gasteiger partial charge in [-0.1, -0.05) is 42.5 Å². The molecule has 1 aliphatic heterocycles. The summed E-state index contributed by atoms with van der Waals surface area (Å²) in [5, 5.41) is 10.9. The number of aliphatic hydroxyl groups is 1. The van der Waals surface area contributed by atoms with Gasteiger partial charge in [0.2, 0.25) is 0 Å². The molecule has 3 aromatic rings. The van der Waals surface area contributed by atoms with Crippen molar-refractivity contribution in [3.8, 4) is 0 Å². The zero-order chi connectivity index (χ0) is 22.0. The Bertz CT molecular complexity index is 1150. The van der Waals surface area contributed by atoms with Crippen LogP contribution in [0.2, 0.25) is 0 Å². The van der Waals surface area contributed by atoms with Gasteiger partial charge in [-0.15, -0.1) is 0 Å². The Labute approximate surface area is 178 Å². The summed E-state index contributed by atoms with van der Waals surface area (Å²) in [6.07, 6.45) is 1.48. The highest BCUT2D eigenvalue weighted by atomic mass is 16.5. The average Bonchev–Trinajstić information content (AvgIpc) is 3.41. The van der Waals surface area contributed by atoms with Crippen LogP contribution in [0.5, 0.6) is 0 Å². The van der Waals surface area contributed by atoms with E-state index in [2.05, 4.69) is 0 Å². The molecule has 1 N–H and O–H groups in total. The highest BCUT2D eigenvalue weighted by Crippen LogP contribution is 2.40. The minimum Gasteiger partial charge on any atom is -0.507 e. The van der Waals surface area contributed by atoms with E-state index >= 15 is 0 Å². The van der Waals surface area contributed by atoms with Crippen molar-refractivity contribution in [2.45, 2.75) is 12.6 Å². The van der Waals surface area contributed by atoms with Gasteiger partial charge >= 0.3 is 5.97 Å². The van der Waals surface area contributed by atoms with E-state index in [1.54, 1.807) is 66.7 Å². The zero-order valence-electron chi connectivity index (χ0n) is 16.6. The van der Waals surface area contributed by atoms with Crippen LogP contribution in [0.25, 0.3) is 5.76 Å². The van der Waals surface area contributed by atoms with Gasteiger partial charge in [0.1, 0.15) is 11.5 Å². The van der Waals surface area contributed by atoms with E-state index in [1.165, 1.54) is 18.3 Å². The minimum absolute atomic E-state index is 0.0198. The smallest absolute Gasteiger partial charge is 0.337 e. The summed E-state index contributed by atoms with van der Waals surface area (Å²) >= 11 is 0. The molecule has 0 saturated carbocycles. The molecule has 0 spiro atoms. The van der Waals surface area contributed by atoms with Gasteiger partial charge < -0.3 is 19.2 Å². The fraction of sp³-hybridized carbons (Fsp3) is 0.125. The molecule has 0 unspecified atom stereocenters. The number of methoxy groups -OCH3 is 1. The van der Waals surface area contributed by atoms with Crippen molar-refractivity contribution in [2.24, 2.45) is 0 Å². The third kappa shape index (κ3) is 3.73. The number of carbonyl (C=O) groups excluding carboxylic acids is 3. The summed E-state index contributed by atoms with van der Waals surface area (Å²) in [5.74, 6) is -1.79. The number of ether oxygens (including phenoxy) is 1. The van der Waals surface area contributed by atoms with Crippen molar-refractivity contribution in [3.63, 3.8) is 0 Å². The van der Waals surface area contributed by atoms with Crippen LogP contribution in [-0.2, 0) is 20.9 Å². The van der Waals surface area contributed by atoms with Crippen molar-refractivity contribution < 1.29 is 28.6 Å². The third-order valence-corrected chi connectivity index (χ3v) is 5.14. The van der Waals surface area contributed by atoms with Crippen molar-refractivity contribution in [1.29, 1.82) is 0 Å². The van der Waals surface area contributed by atoms with Gasteiger partial charge in [-0.3, -0.25) is 9.59 Å². The first-order chi connectivity index (χ1) is 15.0. The maximum Gasteiger partial charge on any atom is 0.337 e. The van der Waals surface area contributed by atoms with Crippen LogP contribution < -0.4 is 0 Å². The fourth-order valence-electron chi connectivity index (χ4n) is 3.63. The fourth-order valence-corrected chi connectivity index (χ4v) is 3.63. The van der Waals surface area contributed by atoms with Gasteiger partial charge in [-0.05, 0) is 29.8 Å². The van der Waals surface area contributed by atoms with Crippen molar-refractivity contribution in [1.82, 2.24) is 4.90 Å². The normalized spacial score (nSPS) is 17.7. The molecular weight excluding hydrogens is 398 g/mol. The van der Waals surface area contributed by atoms with Gasteiger partial charge in [-0.25, -0.2) is 4.79 Å². The van der Waals surface area contributed by atoms with Crippen molar-refractivity contribution in [2.75, 3.05) is 7.11 Å². The number of likely N-dealkylation sites (tertiary alicyclic amines) is 1. The molecule has 1 fully saturated rings. The van der Waals surface area contributed by atoms with Gasteiger partial charge in [-0.2, -0.15) is 0 Å². The molecule has 1 atom stereocenters. The number of esters is 1. The summed E-state index contributed by atoms with van der Waals surface area (Å²) in [6, 6.07) is 17.5. The first-order valence-electron chi connectivity index (χ1n) is 9.55. The summed E-state index contributed by atoms with van der Waals surface area (Å²) in [4.78, 5) is 39.0. The van der Waals surface area contributed by atoms with E-state index in [1.807, 2.05) is 0 Å². The Morgan fingerprint density at radius 1 is 1.00 bits per heavy atom. The molecular formula is C24H19NO6. The van der Waals surface area contributed by atoms with E-state index < -0.39 is 23.7 Å². The molecule has 1 amide bonds. The molecule has 7 heteroatoms. The second kappa shape index (κ2) is 8.31. The lowest BCUT2D eigenvalue weighted by molar-refractivity contribution is -0.140. The summed E-state index contributed by atoms with van der Waals surface area (Å²) < 4.78 is 10.1. The number of Topliss-reactive ketones (excluding diaryl/α,β-unsaturated/α-hetero) is 1. The lowest BCUT2D eigenvalue weighted by Gasteiger charge is -2.24. The van der Waals surface area contributed by atoms with Gasteiger partial charge in [0, 0.05) is 5.56 Å². The topological polar surface area (TPSA) is 97.0 Å². The summed E-state index contributed by atoms with van der Waals surface area (Å²) in [5.41, 5.74) is 1.30. The van der Waals surface area contributed by atoms with E-state index in [0.717, 1.165) is 0 Å². The SMILES string of the molecule is COC(=O)c1ccc([C@@H]2C(=C(O)c3ccccc3)C(=O)C(=O)N2Cc2ccco2)cc1. The first-order valence-corrected chi connectivity index (χ1v) is 9.55. The predicted octanol–water partition coefficient (Wildman–Crippen LogP) is 3.69. The number of nitrogens with zero attached hydrogens (tertiary/aromatic N) is 1. The van der Waals surface area contributed by atoms with Crippen LogP contribution >= 0.6 is 0 Å². The number of ketones is 1. The number of hydrogen-bond acceptors (Lipinski definition) is 6. The molecule has 0 bridgehead atoms. The molecule has 1 saturated heterocycles. The molecule has 156 valence electrons. The van der Waals surface area contributed by atoms with Crippen molar-refractivity contribution >= 4 is 23.4 Å². The van der Waals surface area contributed by atoms with Crippen LogP contribution in [0.4, 0.5) is 0 Å². The van der Waals surface area contributed by atoms with Gasteiger partial charge in [0.05, 0.1) is 37.1 Å². The second-order valence-corrected chi connectivity index (χ2v) is 6.99. The number of carbonyl (C=O) groups is 3. The Morgan fingerprint density at radius 3 is 2.32 bits per heavy atom. The Morgan fingerprint density at radius 2 is 1.71 bits per heavy atom. The summed E-state index contributed by atoms with van der Waals surface area (Å²) in [7, 11) is 1.29. The minimum atomic E-state index is -0.850. The quantitative estimate of drug-likeness (QED) is 0.294. The first kappa shape index (κ1) is 20.2. The Balaban J connectivity index is 1.84. The number of hydrogen-bond donors (Lipinski definition) is 1. The lowest BCUT2D eigenvalue weighted by atomic mass is 9.94. The maximum absolute atomic E-state index is 13.0. The van der Waals surface area contributed by atoms with Crippen LogP contribution in [-0.4, -0.2) is 34.8 Å². The lowest BCUT2D eigenvalue weighted by Crippen LogP contribution is -2.29. The van der Waals surface area contributed by atoms with E-state index in [9.17, 15) is 19.5 Å². The number of furan rings is 1. The molecule has 2 heterocycles. The Kier molecular flexibility index (Phi) is 5.41. The average molecular weight is 417 g/mol. The van der Waals surface area contributed by atoms with Gasteiger partial charge in [0.15, 0.2) is 0 Å². The number of amides is 1. The molecule has 0 radical (unpaired) electrons. The van der Waals surface area contributed by atoms with E-state index in [-0.39, 0.29) is 17.9 Å². The monoisotopic (exact) mass is 417 g/mol. The predicted molar refractivity (Wildman–Crippen MR) is 111 cm³/mol. The van der Waals surface area contributed by atoms with Gasteiger partial charge in [0.25, 0.3) is 11.7 Å². The van der Waals surface area contributed by atoms with E-state index in [4.69, 9.17) is 9.15 Å². The second-order valence-electron chi connectivity index (χ2n) is 6.99. The van der Waals surface area contributed by atoms with Crippen LogP contribution in [0.15, 0.2) is 83.0 Å². The molecule has 1 aromatic heterocycles. The number of rotatable bonds is 5. The molecule has 0 aliphatic carbocycles. The molecule has 4 rings (SSSR count). The molecule has 2 aromatic carbocycles. The Hall–Kier alpha value is -4.13. The highest BCUT2D eigenvalue weighted by molar-refractivity contribution is 6.46. The maximum atomic E-state index is 13.0. The highest BCUT2D eigenvalue weighted by Gasteiger charge is 2.46. The van der Waals surface area contributed by atoms with Crippen molar-refractivity contribution in [3.05, 3.63) is 101 Å². The zero-order valence-corrected chi connectivity index (χ0v) is 16.6. The van der Waals surface area contributed by atoms with Crippen LogP contribution in [0, 0.1) is 0 Å². The third-order valence-electron chi connectivity index (χ3n) is 5.14. The van der Waals surface area contributed by atoms with Crippen LogP contribution in [0.3, 0.4) is 0 Å². The standard InChI is InChI=1S/C24H19NO6/c1-30-24(29)17-11-9-15(10-12-17)20-19(21(26)16-6-3-2-4-7-16)22(27)23(28)25(20)14-18-8-5-13-31-18/h2-13,20,26H,14H2,1H3/t20-/m1/s1. The molecule has 31 heavy (non-hydrogen) atoms. The number of benzene rings is 2. The molecule has 7 nitrogen and oxygen atoms in total. The number of aliphatic hydroxyl groups excluding tert-OH is 1. The van der Waals surface area contributed by atoms with Crippen LogP contribution in [0.1, 0.15) is 33.3 Å². The van der Waals surface area contributed by atoms with E-state index in [0.29, 0.717) is 22.5 Å². The molecule has 1 aliphatic rings. The summed E-state index contributed by atoms with van der Waals surface area (Å²) in [6.45, 7) is 0.0482.